The Bertz CT molecular complexity index is 1690. The number of nitrogens with zero attached hydrogens (tertiary/aromatic N) is 1. The van der Waals surface area contributed by atoms with Crippen molar-refractivity contribution < 1.29 is 26.0 Å². The highest BCUT2D eigenvalue weighted by molar-refractivity contribution is 7.93. The Morgan fingerprint density at radius 3 is 2.00 bits per heavy atom. The first-order valence-electron chi connectivity index (χ1n) is 11.8. The summed E-state index contributed by atoms with van der Waals surface area (Å²) in [6, 6.07) is 23.3. The normalized spacial score (nSPS) is 11.6. The van der Waals surface area contributed by atoms with Crippen molar-refractivity contribution in [3.05, 3.63) is 114 Å². The number of hydrogen-bond donors (Lipinski definition) is 2. The maximum atomic E-state index is 13.5. The zero-order valence-corrected chi connectivity index (χ0v) is 22.8. The standard InChI is InChI=1S/C28H26FN3O5S2/c1-20-8-17-27(21(2)18-20)32(39(36,37)26-6-4-3-5-7-26)19-28(33)30-23-13-15-25(16-14-23)38(34,35)31-24-11-9-22(29)10-12-24/h3-18,31H,19H2,1-2H3,(H,30,33). The number of benzene rings is 4. The zero-order chi connectivity index (χ0) is 28.2. The molecular weight excluding hydrogens is 541 g/mol. The molecule has 4 aromatic rings. The summed E-state index contributed by atoms with van der Waals surface area (Å²) in [5, 5.41) is 2.63. The highest BCUT2D eigenvalue weighted by Crippen LogP contribution is 2.28. The number of nitrogens with one attached hydrogen (secondary N) is 2. The van der Waals surface area contributed by atoms with Crippen molar-refractivity contribution >= 4 is 43.0 Å². The van der Waals surface area contributed by atoms with Crippen LogP contribution in [0.4, 0.5) is 21.5 Å². The lowest BCUT2D eigenvalue weighted by Gasteiger charge is -2.26. The highest BCUT2D eigenvalue weighted by Gasteiger charge is 2.28. The fraction of sp³-hybridized carbons (Fsp3) is 0.107. The molecule has 202 valence electrons. The van der Waals surface area contributed by atoms with Crippen LogP contribution in [0.15, 0.2) is 107 Å². The Hall–Kier alpha value is -4.22. The molecule has 1 amide bonds. The minimum atomic E-state index is -4.07. The number of hydrogen-bond acceptors (Lipinski definition) is 5. The molecule has 0 unspecified atom stereocenters. The van der Waals surface area contributed by atoms with E-state index < -0.39 is 38.3 Å². The van der Waals surface area contributed by atoms with Crippen LogP contribution in [0.25, 0.3) is 0 Å². The summed E-state index contributed by atoms with van der Waals surface area (Å²) in [5.41, 5.74) is 2.47. The third kappa shape index (κ3) is 6.62. The largest absolute Gasteiger partial charge is 0.325 e. The number of anilines is 3. The van der Waals surface area contributed by atoms with Gasteiger partial charge in [0.1, 0.15) is 12.4 Å². The molecule has 0 atom stereocenters. The Labute approximate surface area is 227 Å². The number of amides is 1. The molecule has 39 heavy (non-hydrogen) atoms. The lowest BCUT2D eigenvalue weighted by molar-refractivity contribution is -0.114. The van der Waals surface area contributed by atoms with Crippen LogP contribution >= 0.6 is 0 Å². The van der Waals surface area contributed by atoms with Crippen LogP contribution in [-0.2, 0) is 24.8 Å². The molecule has 0 fully saturated rings. The van der Waals surface area contributed by atoms with Crippen molar-refractivity contribution in [3.8, 4) is 0 Å². The number of sulfonamides is 2. The van der Waals surface area contributed by atoms with Crippen LogP contribution in [0.1, 0.15) is 11.1 Å². The molecule has 0 saturated heterocycles. The van der Waals surface area contributed by atoms with Crippen LogP contribution in [0.3, 0.4) is 0 Å². The van der Waals surface area contributed by atoms with Crippen molar-refractivity contribution in [2.24, 2.45) is 0 Å². The van der Waals surface area contributed by atoms with Gasteiger partial charge in [-0.05, 0) is 86.1 Å². The van der Waals surface area contributed by atoms with Crippen LogP contribution in [0, 0.1) is 19.7 Å². The van der Waals surface area contributed by atoms with Gasteiger partial charge in [-0.15, -0.1) is 0 Å². The first-order chi connectivity index (χ1) is 18.5. The van der Waals surface area contributed by atoms with Crippen LogP contribution < -0.4 is 14.3 Å². The van der Waals surface area contributed by atoms with E-state index in [1.807, 2.05) is 13.0 Å². The molecule has 0 saturated carbocycles. The second kappa shape index (κ2) is 11.3. The van der Waals surface area contributed by atoms with Crippen molar-refractivity contribution in [1.29, 1.82) is 0 Å². The number of aryl methyl sites for hydroxylation is 2. The van der Waals surface area contributed by atoms with E-state index in [-0.39, 0.29) is 21.2 Å². The minimum absolute atomic E-state index is 0.0426. The molecule has 4 rings (SSSR count). The molecule has 11 heteroatoms. The summed E-state index contributed by atoms with van der Waals surface area (Å²) in [6.45, 7) is 3.15. The Balaban J connectivity index is 1.54. The topological polar surface area (TPSA) is 113 Å². The Kier molecular flexibility index (Phi) is 8.03. The third-order valence-corrected chi connectivity index (χ3v) is 8.96. The predicted molar refractivity (Wildman–Crippen MR) is 149 cm³/mol. The van der Waals surface area contributed by atoms with Crippen LogP contribution in [0.2, 0.25) is 0 Å². The minimum Gasteiger partial charge on any atom is -0.325 e. The van der Waals surface area contributed by atoms with Crippen LogP contribution in [-0.4, -0.2) is 29.3 Å². The summed E-state index contributed by atoms with van der Waals surface area (Å²) in [4.78, 5) is 13.0. The molecule has 0 radical (unpaired) electrons. The smallest absolute Gasteiger partial charge is 0.264 e. The van der Waals surface area contributed by atoms with Gasteiger partial charge >= 0.3 is 0 Å². The molecular formula is C28H26FN3O5S2. The summed E-state index contributed by atoms with van der Waals surface area (Å²) >= 11 is 0. The maximum absolute atomic E-state index is 13.5. The lowest BCUT2D eigenvalue weighted by Crippen LogP contribution is -2.38. The predicted octanol–water partition coefficient (Wildman–Crippen LogP) is 5.08. The van der Waals surface area contributed by atoms with Gasteiger partial charge in [-0.25, -0.2) is 21.2 Å². The number of rotatable bonds is 9. The summed E-state index contributed by atoms with van der Waals surface area (Å²) in [7, 11) is -8.03. The molecule has 0 aliphatic carbocycles. The monoisotopic (exact) mass is 567 g/mol. The van der Waals surface area contributed by atoms with E-state index in [1.54, 1.807) is 37.3 Å². The summed E-state index contributed by atoms with van der Waals surface area (Å²) < 4.78 is 68.9. The van der Waals surface area contributed by atoms with Gasteiger partial charge in [0.05, 0.1) is 15.5 Å². The lowest BCUT2D eigenvalue weighted by atomic mass is 10.1. The molecule has 0 aromatic heterocycles. The van der Waals surface area contributed by atoms with Gasteiger partial charge in [0.15, 0.2) is 0 Å². The zero-order valence-electron chi connectivity index (χ0n) is 21.1. The average molecular weight is 568 g/mol. The molecule has 8 nitrogen and oxygen atoms in total. The van der Waals surface area contributed by atoms with Gasteiger partial charge in [0.25, 0.3) is 20.0 Å². The molecule has 0 heterocycles. The molecule has 0 aliphatic heterocycles. The van der Waals surface area contributed by atoms with E-state index in [2.05, 4.69) is 10.0 Å². The number of carbonyl (C=O) groups is 1. The van der Waals surface area contributed by atoms with Gasteiger partial charge in [-0.1, -0.05) is 35.9 Å². The van der Waals surface area contributed by atoms with Crippen molar-refractivity contribution in [2.75, 3.05) is 20.9 Å². The van der Waals surface area contributed by atoms with E-state index in [4.69, 9.17) is 0 Å². The van der Waals surface area contributed by atoms with Gasteiger partial charge in [0, 0.05) is 11.4 Å². The molecule has 4 aromatic carbocycles. The summed E-state index contributed by atoms with van der Waals surface area (Å²) in [6.07, 6.45) is 0. The molecule has 2 N–H and O–H groups in total. The quantitative estimate of drug-likeness (QED) is 0.293. The summed E-state index contributed by atoms with van der Waals surface area (Å²) in [5.74, 6) is -1.11. The van der Waals surface area contributed by atoms with E-state index in [9.17, 15) is 26.0 Å². The Morgan fingerprint density at radius 1 is 0.769 bits per heavy atom. The highest BCUT2D eigenvalue weighted by atomic mass is 32.2. The van der Waals surface area contributed by atoms with Crippen LogP contribution in [0.5, 0.6) is 0 Å². The van der Waals surface area contributed by atoms with E-state index in [0.29, 0.717) is 11.3 Å². The van der Waals surface area contributed by atoms with Gasteiger partial charge in [0.2, 0.25) is 5.91 Å². The van der Waals surface area contributed by atoms with Crippen molar-refractivity contribution in [3.63, 3.8) is 0 Å². The average Bonchev–Trinajstić information content (AvgIpc) is 2.90. The third-order valence-electron chi connectivity index (χ3n) is 5.78. The first-order valence-corrected chi connectivity index (χ1v) is 14.7. The fourth-order valence-electron chi connectivity index (χ4n) is 3.88. The van der Waals surface area contributed by atoms with Gasteiger partial charge < -0.3 is 5.32 Å². The van der Waals surface area contributed by atoms with Gasteiger partial charge in [-0.3, -0.25) is 13.8 Å². The SMILES string of the molecule is Cc1ccc(N(CC(=O)Nc2ccc(S(=O)(=O)Nc3ccc(F)cc3)cc2)S(=O)(=O)c2ccccc2)c(C)c1. The number of carbonyl (C=O) groups excluding carboxylic acids is 1. The van der Waals surface area contributed by atoms with Gasteiger partial charge in [-0.2, -0.15) is 0 Å². The second-order valence-electron chi connectivity index (χ2n) is 8.80. The van der Waals surface area contributed by atoms with E-state index in [0.717, 1.165) is 22.0 Å². The Morgan fingerprint density at radius 2 is 1.38 bits per heavy atom. The van der Waals surface area contributed by atoms with E-state index in [1.165, 1.54) is 48.5 Å². The second-order valence-corrected chi connectivity index (χ2v) is 12.3. The maximum Gasteiger partial charge on any atom is 0.264 e. The van der Waals surface area contributed by atoms with E-state index >= 15 is 0 Å². The fourth-order valence-corrected chi connectivity index (χ4v) is 6.45. The molecule has 0 bridgehead atoms. The number of halogens is 1. The molecule has 0 spiro atoms. The first kappa shape index (κ1) is 27.8. The van der Waals surface area contributed by atoms with Crippen molar-refractivity contribution in [2.45, 2.75) is 23.6 Å². The van der Waals surface area contributed by atoms with Crippen molar-refractivity contribution in [1.82, 2.24) is 0 Å². The molecule has 0 aliphatic rings.